The Balaban J connectivity index is 1.79. The van der Waals surface area contributed by atoms with E-state index in [0.29, 0.717) is 10.8 Å². The van der Waals surface area contributed by atoms with Crippen LogP contribution < -0.4 is 10.6 Å². The Kier molecular flexibility index (Phi) is 5.22. The minimum atomic E-state index is -0.502. The number of anilines is 2. The Bertz CT molecular complexity index is 941. The SMILES string of the molecule is CCOC(=O)c1[nH]c2ccccc2c1NC(=O)CNc1nc(C)c(C)s1. The number of fused-ring (bicyclic) bond motifs is 1. The van der Waals surface area contributed by atoms with Gasteiger partial charge in [0.1, 0.15) is 5.69 Å². The molecule has 3 aromatic rings. The molecule has 2 aromatic heterocycles. The van der Waals surface area contributed by atoms with E-state index >= 15 is 0 Å². The third-order valence-electron chi connectivity index (χ3n) is 3.88. The lowest BCUT2D eigenvalue weighted by Crippen LogP contribution is -2.23. The van der Waals surface area contributed by atoms with E-state index in [4.69, 9.17) is 4.74 Å². The number of hydrogen-bond donors (Lipinski definition) is 3. The largest absolute Gasteiger partial charge is 0.461 e. The van der Waals surface area contributed by atoms with Gasteiger partial charge in [-0.1, -0.05) is 18.2 Å². The fourth-order valence-corrected chi connectivity index (χ4v) is 3.33. The second-order valence-corrected chi connectivity index (χ2v) is 6.91. The molecule has 0 aliphatic rings. The number of thiazole rings is 1. The number of carbonyl (C=O) groups is 2. The van der Waals surface area contributed by atoms with Crippen molar-refractivity contribution in [3.05, 3.63) is 40.5 Å². The second kappa shape index (κ2) is 7.57. The summed E-state index contributed by atoms with van der Waals surface area (Å²) >= 11 is 1.50. The zero-order chi connectivity index (χ0) is 18.7. The zero-order valence-electron chi connectivity index (χ0n) is 14.8. The molecule has 8 heteroatoms. The quantitative estimate of drug-likeness (QED) is 0.576. The monoisotopic (exact) mass is 372 g/mol. The number of carbonyl (C=O) groups excluding carboxylic acids is 2. The van der Waals surface area contributed by atoms with E-state index in [0.717, 1.165) is 21.5 Å². The number of hydrogen-bond acceptors (Lipinski definition) is 6. The summed E-state index contributed by atoms with van der Waals surface area (Å²) in [7, 11) is 0. The van der Waals surface area contributed by atoms with Gasteiger partial charge < -0.3 is 20.4 Å². The van der Waals surface area contributed by atoms with E-state index < -0.39 is 5.97 Å². The first-order valence-corrected chi connectivity index (χ1v) is 9.06. The third-order valence-corrected chi connectivity index (χ3v) is 4.91. The van der Waals surface area contributed by atoms with Crippen LogP contribution in [0.15, 0.2) is 24.3 Å². The van der Waals surface area contributed by atoms with Gasteiger partial charge in [-0.15, -0.1) is 11.3 Å². The highest BCUT2D eigenvalue weighted by Crippen LogP contribution is 2.28. The molecule has 1 aromatic carbocycles. The smallest absolute Gasteiger partial charge is 0.356 e. The van der Waals surface area contributed by atoms with Crippen LogP contribution in [0.2, 0.25) is 0 Å². The lowest BCUT2D eigenvalue weighted by molar-refractivity contribution is -0.114. The number of nitrogens with one attached hydrogen (secondary N) is 3. The number of rotatable bonds is 6. The number of aromatic amines is 1. The van der Waals surface area contributed by atoms with Crippen LogP contribution in [0, 0.1) is 13.8 Å². The van der Waals surface area contributed by atoms with Gasteiger partial charge in [0.25, 0.3) is 0 Å². The number of esters is 1. The van der Waals surface area contributed by atoms with Crippen LogP contribution in [0.4, 0.5) is 10.8 Å². The number of nitrogens with zero attached hydrogens (tertiary/aromatic N) is 1. The first-order chi connectivity index (χ1) is 12.5. The summed E-state index contributed by atoms with van der Waals surface area (Å²) in [5.41, 5.74) is 2.36. The number of H-pyrrole nitrogens is 1. The predicted molar refractivity (Wildman–Crippen MR) is 103 cm³/mol. The Morgan fingerprint density at radius 2 is 2.04 bits per heavy atom. The van der Waals surface area contributed by atoms with Crippen LogP contribution in [-0.2, 0) is 9.53 Å². The highest BCUT2D eigenvalue weighted by Gasteiger charge is 2.20. The summed E-state index contributed by atoms with van der Waals surface area (Å²) in [6, 6.07) is 7.38. The van der Waals surface area contributed by atoms with Crippen LogP contribution in [-0.4, -0.2) is 35.0 Å². The van der Waals surface area contributed by atoms with Gasteiger partial charge in [0.2, 0.25) is 5.91 Å². The molecule has 0 aliphatic heterocycles. The number of benzene rings is 1. The van der Waals surface area contributed by atoms with Gasteiger partial charge in [0.05, 0.1) is 24.5 Å². The molecule has 0 unspecified atom stereocenters. The molecular formula is C18H20N4O3S. The van der Waals surface area contributed by atoms with Crippen LogP contribution in [0.5, 0.6) is 0 Å². The normalized spacial score (nSPS) is 10.7. The number of amides is 1. The van der Waals surface area contributed by atoms with Gasteiger partial charge in [-0.2, -0.15) is 0 Å². The van der Waals surface area contributed by atoms with Crippen molar-refractivity contribution in [1.29, 1.82) is 0 Å². The molecule has 7 nitrogen and oxygen atoms in total. The van der Waals surface area contributed by atoms with Crippen molar-refractivity contribution in [3.63, 3.8) is 0 Å². The molecule has 3 rings (SSSR count). The van der Waals surface area contributed by atoms with Crippen LogP contribution >= 0.6 is 11.3 Å². The van der Waals surface area contributed by atoms with E-state index in [9.17, 15) is 9.59 Å². The number of aryl methyl sites for hydroxylation is 2. The summed E-state index contributed by atoms with van der Waals surface area (Å²) in [5.74, 6) is -0.774. The molecular weight excluding hydrogens is 352 g/mol. The molecule has 0 saturated heterocycles. The lowest BCUT2D eigenvalue weighted by atomic mass is 10.2. The summed E-state index contributed by atoms with van der Waals surface area (Å²) in [5, 5.41) is 7.27. The van der Waals surface area contributed by atoms with E-state index in [-0.39, 0.29) is 24.8 Å². The van der Waals surface area contributed by atoms with E-state index in [1.54, 1.807) is 6.92 Å². The maximum atomic E-state index is 12.4. The summed E-state index contributed by atoms with van der Waals surface area (Å²) < 4.78 is 5.08. The highest BCUT2D eigenvalue weighted by atomic mass is 32.1. The van der Waals surface area contributed by atoms with Crippen molar-refractivity contribution in [2.24, 2.45) is 0 Å². The first kappa shape index (κ1) is 17.9. The van der Waals surface area contributed by atoms with Gasteiger partial charge in [-0.25, -0.2) is 9.78 Å². The van der Waals surface area contributed by atoms with Crippen molar-refractivity contribution in [3.8, 4) is 0 Å². The number of ether oxygens (including phenoxy) is 1. The highest BCUT2D eigenvalue weighted by molar-refractivity contribution is 7.15. The number of para-hydroxylation sites is 1. The second-order valence-electron chi connectivity index (χ2n) is 5.70. The van der Waals surface area contributed by atoms with Crippen LogP contribution in [0.25, 0.3) is 10.9 Å². The summed E-state index contributed by atoms with van der Waals surface area (Å²) in [6.07, 6.45) is 0. The Morgan fingerprint density at radius 3 is 2.73 bits per heavy atom. The van der Waals surface area contributed by atoms with Crippen LogP contribution in [0.3, 0.4) is 0 Å². The topological polar surface area (TPSA) is 96.1 Å². The minimum Gasteiger partial charge on any atom is -0.461 e. The molecule has 0 atom stereocenters. The molecule has 0 aliphatic carbocycles. The van der Waals surface area contributed by atoms with Crippen molar-refractivity contribution >= 4 is 44.9 Å². The van der Waals surface area contributed by atoms with E-state index in [2.05, 4.69) is 20.6 Å². The lowest BCUT2D eigenvalue weighted by Gasteiger charge is -2.07. The Morgan fingerprint density at radius 1 is 1.27 bits per heavy atom. The van der Waals surface area contributed by atoms with Crippen molar-refractivity contribution in [2.45, 2.75) is 20.8 Å². The van der Waals surface area contributed by atoms with Gasteiger partial charge in [-0.05, 0) is 26.8 Å². The molecule has 2 heterocycles. The molecule has 0 fully saturated rings. The maximum absolute atomic E-state index is 12.4. The average Bonchev–Trinajstić information content (AvgIpc) is 3.14. The minimum absolute atomic E-state index is 0.0498. The zero-order valence-corrected chi connectivity index (χ0v) is 15.6. The number of aromatic nitrogens is 2. The predicted octanol–water partition coefficient (Wildman–Crippen LogP) is 3.47. The Labute approximate surface area is 154 Å². The molecule has 0 saturated carbocycles. The van der Waals surface area contributed by atoms with E-state index in [1.807, 2.05) is 38.1 Å². The van der Waals surface area contributed by atoms with Gasteiger partial charge >= 0.3 is 5.97 Å². The summed E-state index contributed by atoms with van der Waals surface area (Å²) in [4.78, 5) is 33.1. The van der Waals surface area contributed by atoms with Crippen LogP contribution in [0.1, 0.15) is 28.0 Å². The average molecular weight is 372 g/mol. The molecule has 26 heavy (non-hydrogen) atoms. The van der Waals surface area contributed by atoms with Crippen molar-refractivity contribution in [1.82, 2.24) is 9.97 Å². The van der Waals surface area contributed by atoms with Crippen molar-refractivity contribution in [2.75, 3.05) is 23.8 Å². The van der Waals surface area contributed by atoms with Gasteiger partial charge in [0.15, 0.2) is 5.13 Å². The maximum Gasteiger partial charge on any atom is 0.356 e. The van der Waals surface area contributed by atoms with Gasteiger partial charge in [-0.3, -0.25) is 4.79 Å². The molecule has 0 spiro atoms. The fraction of sp³-hybridized carbons (Fsp3) is 0.278. The molecule has 0 bridgehead atoms. The summed E-state index contributed by atoms with van der Waals surface area (Å²) in [6.45, 7) is 5.95. The van der Waals surface area contributed by atoms with E-state index in [1.165, 1.54) is 11.3 Å². The third kappa shape index (κ3) is 3.70. The molecule has 0 radical (unpaired) electrons. The fourth-order valence-electron chi connectivity index (χ4n) is 2.52. The standard InChI is InChI=1S/C18H20N4O3S/c1-4-25-17(24)16-15(12-7-5-6-8-13(12)21-16)22-14(23)9-19-18-20-10(2)11(3)26-18/h5-8,21H,4,9H2,1-3H3,(H,19,20)(H,22,23). The molecule has 3 N–H and O–H groups in total. The van der Waals surface area contributed by atoms with Crippen molar-refractivity contribution < 1.29 is 14.3 Å². The first-order valence-electron chi connectivity index (χ1n) is 8.25. The Hall–Kier alpha value is -2.87. The molecule has 136 valence electrons. The molecule has 1 amide bonds. The van der Waals surface area contributed by atoms with Gasteiger partial charge in [0, 0.05) is 15.8 Å².